The van der Waals surface area contributed by atoms with Gasteiger partial charge in [0, 0.05) is 6.54 Å². The number of fused-ring (bicyclic) bond motifs is 1. The van der Waals surface area contributed by atoms with Crippen molar-refractivity contribution in [3.8, 4) is 0 Å². The second-order valence-electron chi connectivity index (χ2n) is 5.11. The fourth-order valence-corrected chi connectivity index (χ4v) is 2.97. The van der Waals surface area contributed by atoms with Gasteiger partial charge in [0.25, 0.3) is 5.76 Å². The molecule has 1 amide bonds. The molecule has 1 aromatic heterocycles. The molecular weight excluding hydrogens is 332 g/mol. The predicted molar refractivity (Wildman–Crippen MR) is 89.9 cm³/mol. The molecule has 2 aromatic carbocycles. The third-order valence-electron chi connectivity index (χ3n) is 3.45. The van der Waals surface area contributed by atoms with Gasteiger partial charge < -0.3 is 9.88 Å². The molecular formula is C17H15F2N3OS. The molecule has 4 nitrogen and oxygen atoms in total. The molecule has 0 saturated heterocycles. The van der Waals surface area contributed by atoms with Crippen molar-refractivity contribution in [2.75, 3.05) is 0 Å². The van der Waals surface area contributed by atoms with Gasteiger partial charge in [0.15, 0.2) is 5.16 Å². The van der Waals surface area contributed by atoms with Crippen LogP contribution in [0.15, 0.2) is 59.8 Å². The van der Waals surface area contributed by atoms with Crippen molar-refractivity contribution >= 4 is 28.7 Å². The number of imidazole rings is 1. The van der Waals surface area contributed by atoms with E-state index in [9.17, 15) is 13.6 Å². The summed E-state index contributed by atoms with van der Waals surface area (Å²) < 4.78 is 27.0. The van der Waals surface area contributed by atoms with Crippen LogP contribution in [0.4, 0.5) is 8.78 Å². The Morgan fingerprint density at radius 2 is 1.83 bits per heavy atom. The molecule has 1 N–H and O–H groups in total. The smallest absolute Gasteiger partial charge is 0.291 e. The summed E-state index contributed by atoms with van der Waals surface area (Å²) in [6.45, 7) is 0.339. The SMILES string of the molecule is O=C(Cn1c(SC(F)F)nc2ccccc21)NCc1ccccc1. The normalized spacial score (nSPS) is 11.1. The Morgan fingerprint density at radius 1 is 1.12 bits per heavy atom. The van der Waals surface area contributed by atoms with E-state index >= 15 is 0 Å². The summed E-state index contributed by atoms with van der Waals surface area (Å²) in [5.74, 6) is -2.84. The van der Waals surface area contributed by atoms with E-state index in [-0.39, 0.29) is 17.6 Å². The van der Waals surface area contributed by atoms with E-state index < -0.39 is 5.76 Å². The highest BCUT2D eigenvalue weighted by atomic mass is 32.2. The van der Waals surface area contributed by atoms with Crippen molar-refractivity contribution < 1.29 is 13.6 Å². The van der Waals surface area contributed by atoms with Crippen LogP contribution in [0.3, 0.4) is 0 Å². The van der Waals surface area contributed by atoms with Gasteiger partial charge in [-0.15, -0.1) is 0 Å². The lowest BCUT2D eigenvalue weighted by Crippen LogP contribution is -2.27. The van der Waals surface area contributed by atoms with E-state index in [0.29, 0.717) is 29.3 Å². The number of nitrogens with zero attached hydrogens (tertiary/aromatic N) is 2. The van der Waals surface area contributed by atoms with Crippen LogP contribution in [-0.2, 0) is 17.9 Å². The molecule has 0 unspecified atom stereocenters. The highest BCUT2D eigenvalue weighted by Crippen LogP contribution is 2.28. The number of hydrogen-bond acceptors (Lipinski definition) is 3. The van der Waals surface area contributed by atoms with Crippen molar-refractivity contribution in [3.05, 3.63) is 60.2 Å². The molecule has 7 heteroatoms. The Balaban J connectivity index is 1.76. The first-order chi connectivity index (χ1) is 11.6. The summed E-state index contributed by atoms with van der Waals surface area (Å²) in [6, 6.07) is 16.6. The summed E-state index contributed by atoms with van der Waals surface area (Å²) in [5.41, 5.74) is 2.23. The van der Waals surface area contributed by atoms with Gasteiger partial charge in [-0.05, 0) is 29.5 Å². The molecule has 0 aliphatic carbocycles. The third kappa shape index (κ3) is 3.91. The molecule has 0 atom stereocenters. The Kier molecular flexibility index (Phi) is 5.10. The number of rotatable bonds is 6. The standard InChI is InChI=1S/C17H15F2N3OS/c18-16(19)24-17-21-13-8-4-5-9-14(13)22(17)11-15(23)20-10-12-6-2-1-3-7-12/h1-9,16H,10-11H2,(H,20,23). The monoisotopic (exact) mass is 347 g/mol. The number of amides is 1. The van der Waals surface area contributed by atoms with Crippen molar-refractivity contribution in [1.82, 2.24) is 14.9 Å². The lowest BCUT2D eigenvalue weighted by atomic mass is 10.2. The van der Waals surface area contributed by atoms with Crippen LogP contribution in [0.5, 0.6) is 0 Å². The van der Waals surface area contributed by atoms with Gasteiger partial charge in [0.05, 0.1) is 11.0 Å². The highest BCUT2D eigenvalue weighted by molar-refractivity contribution is 7.99. The van der Waals surface area contributed by atoms with Crippen LogP contribution in [0.2, 0.25) is 0 Å². The van der Waals surface area contributed by atoms with Crippen molar-refractivity contribution in [3.63, 3.8) is 0 Å². The fourth-order valence-electron chi connectivity index (χ4n) is 2.37. The quantitative estimate of drug-likeness (QED) is 0.692. The highest BCUT2D eigenvalue weighted by Gasteiger charge is 2.17. The van der Waals surface area contributed by atoms with Gasteiger partial charge in [-0.25, -0.2) is 4.98 Å². The first-order valence-electron chi connectivity index (χ1n) is 7.34. The average Bonchev–Trinajstić information content (AvgIpc) is 2.91. The first-order valence-corrected chi connectivity index (χ1v) is 8.22. The molecule has 124 valence electrons. The Morgan fingerprint density at radius 3 is 2.58 bits per heavy atom. The zero-order chi connectivity index (χ0) is 16.9. The van der Waals surface area contributed by atoms with Crippen LogP contribution in [0.1, 0.15) is 5.56 Å². The molecule has 0 bridgehead atoms. The number of carbonyl (C=O) groups is 1. The maximum atomic E-state index is 12.7. The predicted octanol–water partition coefficient (Wildman–Crippen LogP) is 3.67. The number of aromatic nitrogens is 2. The average molecular weight is 347 g/mol. The van der Waals surface area contributed by atoms with Crippen molar-refractivity contribution in [2.45, 2.75) is 24.0 Å². The number of halogens is 2. The number of benzene rings is 2. The van der Waals surface area contributed by atoms with E-state index in [2.05, 4.69) is 10.3 Å². The number of nitrogens with one attached hydrogen (secondary N) is 1. The summed E-state index contributed by atoms with van der Waals surface area (Å²) in [7, 11) is 0. The molecule has 0 aliphatic rings. The molecule has 1 heterocycles. The Bertz CT molecular complexity index is 836. The first kappa shape index (κ1) is 16.4. The summed E-state index contributed by atoms with van der Waals surface area (Å²) in [6.07, 6.45) is 0. The fraction of sp³-hybridized carbons (Fsp3) is 0.176. The van der Waals surface area contributed by atoms with Crippen molar-refractivity contribution in [1.29, 1.82) is 0 Å². The van der Waals surface area contributed by atoms with Gasteiger partial charge in [-0.1, -0.05) is 42.5 Å². The van der Waals surface area contributed by atoms with E-state index in [4.69, 9.17) is 0 Å². The number of para-hydroxylation sites is 2. The molecule has 3 aromatic rings. The Labute approximate surface area is 141 Å². The molecule has 0 spiro atoms. The summed E-state index contributed by atoms with van der Waals surface area (Å²) in [4.78, 5) is 16.4. The second-order valence-corrected chi connectivity index (χ2v) is 6.07. The Hall–Kier alpha value is -2.41. The zero-order valence-electron chi connectivity index (χ0n) is 12.7. The summed E-state index contributed by atoms with van der Waals surface area (Å²) in [5, 5.41) is 2.94. The molecule has 24 heavy (non-hydrogen) atoms. The third-order valence-corrected chi connectivity index (χ3v) is 4.15. The van der Waals surface area contributed by atoms with Crippen LogP contribution >= 0.6 is 11.8 Å². The molecule has 0 fully saturated rings. The van der Waals surface area contributed by atoms with Gasteiger partial charge in [-0.3, -0.25) is 4.79 Å². The van der Waals surface area contributed by atoms with E-state index in [1.807, 2.05) is 30.3 Å². The van der Waals surface area contributed by atoms with Crippen LogP contribution in [0.25, 0.3) is 11.0 Å². The summed E-state index contributed by atoms with van der Waals surface area (Å²) >= 11 is 0.346. The van der Waals surface area contributed by atoms with Crippen molar-refractivity contribution in [2.24, 2.45) is 0 Å². The molecule has 0 radical (unpaired) electrons. The minimum absolute atomic E-state index is 0.0532. The number of alkyl halides is 2. The zero-order valence-corrected chi connectivity index (χ0v) is 13.5. The van der Waals surface area contributed by atoms with Gasteiger partial charge >= 0.3 is 0 Å². The lowest BCUT2D eigenvalue weighted by molar-refractivity contribution is -0.121. The van der Waals surface area contributed by atoms with Crippen LogP contribution < -0.4 is 5.32 Å². The van der Waals surface area contributed by atoms with E-state index in [1.54, 1.807) is 24.3 Å². The topological polar surface area (TPSA) is 46.9 Å². The van der Waals surface area contributed by atoms with E-state index in [0.717, 1.165) is 5.56 Å². The van der Waals surface area contributed by atoms with Crippen LogP contribution in [0, 0.1) is 0 Å². The minimum Gasteiger partial charge on any atom is -0.350 e. The maximum Gasteiger partial charge on any atom is 0.291 e. The molecule has 0 aliphatic heterocycles. The maximum absolute atomic E-state index is 12.7. The number of hydrogen-bond donors (Lipinski definition) is 1. The van der Waals surface area contributed by atoms with E-state index in [1.165, 1.54) is 4.57 Å². The number of carbonyl (C=O) groups excluding carboxylic acids is 1. The largest absolute Gasteiger partial charge is 0.350 e. The molecule has 3 rings (SSSR count). The van der Waals surface area contributed by atoms with Gasteiger partial charge in [0.1, 0.15) is 6.54 Å². The lowest BCUT2D eigenvalue weighted by Gasteiger charge is -2.09. The molecule has 0 saturated carbocycles. The van der Waals surface area contributed by atoms with Gasteiger partial charge in [0.2, 0.25) is 5.91 Å². The number of thioether (sulfide) groups is 1. The van der Waals surface area contributed by atoms with Gasteiger partial charge in [-0.2, -0.15) is 8.78 Å². The second kappa shape index (κ2) is 7.44. The minimum atomic E-state index is -2.59. The van der Waals surface area contributed by atoms with Crippen LogP contribution in [-0.4, -0.2) is 21.2 Å².